The van der Waals surface area contributed by atoms with E-state index in [1.54, 1.807) is 6.92 Å². The zero-order valence-corrected chi connectivity index (χ0v) is 13.1. The standard InChI is InChI=1S/C14H26N2O5/c1-4-7-8-11(13(18)19)15-14(20)16(9-5-2)10-12(17)21-6-3/h11H,4-10H2,1-3H3,(H,15,20)(H,18,19)/t11-/m0/s1. The molecule has 2 amide bonds. The van der Waals surface area contributed by atoms with Crippen LogP contribution in [0.5, 0.6) is 0 Å². The van der Waals surface area contributed by atoms with Gasteiger partial charge in [-0.3, -0.25) is 4.79 Å². The summed E-state index contributed by atoms with van der Waals surface area (Å²) >= 11 is 0. The van der Waals surface area contributed by atoms with E-state index >= 15 is 0 Å². The molecule has 0 aliphatic rings. The Balaban J connectivity index is 4.62. The number of urea groups is 1. The lowest BCUT2D eigenvalue weighted by atomic mass is 10.1. The Labute approximate surface area is 125 Å². The predicted octanol–water partition coefficient (Wildman–Crippen LogP) is 1.61. The number of rotatable bonds is 10. The maximum absolute atomic E-state index is 12.1. The summed E-state index contributed by atoms with van der Waals surface area (Å²) in [5.74, 6) is -1.56. The predicted molar refractivity (Wildman–Crippen MR) is 78.0 cm³/mol. The zero-order valence-electron chi connectivity index (χ0n) is 13.1. The van der Waals surface area contributed by atoms with Crippen molar-refractivity contribution in [1.82, 2.24) is 10.2 Å². The number of hydrogen-bond acceptors (Lipinski definition) is 4. The van der Waals surface area contributed by atoms with Crippen molar-refractivity contribution < 1.29 is 24.2 Å². The third kappa shape index (κ3) is 8.16. The number of hydrogen-bond donors (Lipinski definition) is 2. The van der Waals surface area contributed by atoms with Crippen LogP contribution in [0.15, 0.2) is 0 Å². The highest BCUT2D eigenvalue weighted by molar-refractivity contribution is 5.85. The molecule has 0 spiro atoms. The molecular formula is C14H26N2O5. The molecule has 1 atom stereocenters. The average Bonchev–Trinajstić information content (AvgIpc) is 2.42. The molecule has 0 aliphatic heterocycles. The first-order valence-electron chi connectivity index (χ1n) is 7.40. The van der Waals surface area contributed by atoms with Crippen LogP contribution in [0.4, 0.5) is 4.79 Å². The largest absolute Gasteiger partial charge is 0.480 e. The first-order valence-corrected chi connectivity index (χ1v) is 7.40. The molecule has 0 rings (SSSR count). The van der Waals surface area contributed by atoms with Crippen molar-refractivity contribution in [3.05, 3.63) is 0 Å². The lowest BCUT2D eigenvalue weighted by Crippen LogP contribution is -2.49. The number of unbranched alkanes of at least 4 members (excludes halogenated alkanes) is 1. The Morgan fingerprint density at radius 2 is 1.86 bits per heavy atom. The Kier molecular flexibility index (Phi) is 10.0. The second-order valence-electron chi connectivity index (χ2n) is 4.71. The van der Waals surface area contributed by atoms with Crippen LogP contribution in [0.2, 0.25) is 0 Å². The lowest BCUT2D eigenvalue weighted by Gasteiger charge is -2.24. The quantitative estimate of drug-likeness (QED) is 0.598. The summed E-state index contributed by atoms with van der Waals surface area (Å²) in [4.78, 5) is 36.0. The minimum atomic E-state index is -1.07. The minimum Gasteiger partial charge on any atom is -0.480 e. The highest BCUT2D eigenvalue weighted by Crippen LogP contribution is 2.03. The van der Waals surface area contributed by atoms with E-state index in [0.29, 0.717) is 25.8 Å². The second-order valence-corrected chi connectivity index (χ2v) is 4.71. The molecule has 0 aromatic heterocycles. The number of carboxylic acids is 1. The summed E-state index contributed by atoms with van der Waals surface area (Å²) in [5, 5.41) is 11.6. The van der Waals surface area contributed by atoms with Crippen LogP contribution in [0.3, 0.4) is 0 Å². The van der Waals surface area contributed by atoms with Gasteiger partial charge in [-0.15, -0.1) is 0 Å². The molecule has 21 heavy (non-hydrogen) atoms. The van der Waals surface area contributed by atoms with Crippen LogP contribution in [0.25, 0.3) is 0 Å². The van der Waals surface area contributed by atoms with Crippen molar-refractivity contribution in [3.8, 4) is 0 Å². The van der Waals surface area contributed by atoms with Crippen LogP contribution < -0.4 is 5.32 Å². The van der Waals surface area contributed by atoms with Crippen molar-refractivity contribution in [2.45, 2.75) is 52.5 Å². The van der Waals surface area contributed by atoms with Crippen LogP contribution >= 0.6 is 0 Å². The highest BCUT2D eigenvalue weighted by atomic mass is 16.5. The molecule has 7 heteroatoms. The SMILES string of the molecule is CCCC[C@H](NC(=O)N(CCC)CC(=O)OCC)C(=O)O. The smallest absolute Gasteiger partial charge is 0.326 e. The van der Waals surface area contributed by atoms with Crippen molar-refractivity contribution in [3.63, 3.8) is 0 Å². The fraction of sp³-hybridized carbons (Fsp3) is 0.786. The number of ether oxygens (including phenoxy) is 1. The van der Waals surface area contributed by atoms with Crippen LogP contribution in [-0.4, -0.2) is 53.7 Å². The van der Waals surface area contributed by atoms with Gasteiger partial charge < -0.3 is 20.1 Å². The zero-order chi connectivity index (χ0) is 16.3. The highest BCUT2D eigenvalue weighted by Gasteiger charge is 2.23. The maximum Gasteiger partial charge on any atom is 0.326 e. The first kappa shape index (κ1) is 19.2. The molecule has 0 fully saturated rings. The normalized spacial score (nSPS) is 11.6. The van der Waals surface area contributed by atoms with Gasteiger partial charge in [-0.1, -0.05) is 26.7 Å². The van der Waals surface area contributed by atoms with Crippen molar-refractivity contribution in [2.24, 2.45) is 0 Å². The second kappa shape index (κ2) is 10.9. The summed E-state index contributed by atoms with van der Waals surface area (Å²) in [6, 6.07) is -1.48. The number of carbonyl (C=O) groups excluding carboxylic acids is 2. The molecule has 0 saturated carbocycles. The van der Waals surface area contributed by atoms with Crippen LogP contribution in [0.1, 0.15) is 46.5 Å². The van der Waals surface area contributed by atoms with Crippen molar-refractivity contribution in [2.75, 3.05) is 19.7 Å². The van der Waals surface area contributed by atoms with E-state index in [9.17, 15) is 14.4 Å². The first-order chi connectivity index (χ1) is 9.96. The van der Waals surface area contributed by atoms with Crippen LogP contribution in [0, 0.1) is 0 Å². The van der Waals surface area contributed by atoms with Crippen molar-refractivity contribution in [1.29, 1.82) is 0 Å². The topological polar surface area (TPSA) is 95.9 Å². The third-order valence-electron chi connectivity index (χ3n) is 2.85. The fourth-order valence-corrected chi connectivity index (χ4v) is 1.79. The number of nitrogens with one attached hydrogen (secondary N) is 1. The van der Waals surface area contributed by atoms with Gasteiger partial charge >= 0.3 is 18.0 Å². The number of carbonyl (C=O) groups is 3. The Bertz CT molecular complexity index is 346. The van der Waals surface area contributed by atoms with Gasteiger partial charge in [-0.05, 0) is 19.8 Å². The molecule has 0 saturated heterocycles. The molecule has 0 aromatic carbocycles. The number of aliphatic carboxylic acids is 1. The number of amides is 2. The van der Waals surface area contributed by atoms with E-state index in [1.807, 2.05) is 13.8 Å². The summed E-state index contributed by atoms with van der Waals surface area (Å²) < 4.78 is 4.81. The van der Waals surface area contributed by atoms with E-state index < -0.39 is 24.0 Å². The van der Waals surface area contributed by atoms with E-state index in [2.05, 4.69) is 5.32 Å². The monoisotopic (exact) mass is 302 g/mol. The molecule has 2 N–H and O–H groups in total. The Morgan fingerprint density at radius 1 is 1.19 bits per heavy atom. The van der Waals surface area contributed by atoms with Gasteiger partial charge in [0, 0.05) is 6.54 Å². The van der Waals surface area contributed by atoms with E-state index in [4.69, 9.17) is 9.84 Å². The van der Waals surface area contributed by atoms with Crippen molar-refractivity contribution >= 4 is 18.0 Å². The van der Waals surface area contributed by atoms with Gasteiger partial charge in [-0.25, -0.2) is 9.59 Å². The van der Waals surface area contributed by atoms with E-state index in [-0.39, 0.29) is 13.2 Å². The van der Waals surface area contributed by atoms with Gasteiger partial charge in [0.15, 0.2) is 0 Å². The van der Waals surface area contributed by atoms with Gasteiger partial charge in [-0.2, -0.15) is 0 Å². The number of nitrogens with zero attached hydrogens (tertiary/aromatic N) is 1. The Hall–Kier alpha value is -1.79. The maximum atomic E-state index is 12.1. The fourth-order valence-electron chi connectivity index (χ4n) is 1.79. The number of carboxylic acid groups (broad SMARTS) is 1. The Morgan fingerprint density at radius 3 is 2.33 bits per heavy atom. The third-order valence-corrected chi connectivity index (χ3v) is 2.85. The van der Waals surface area contributed by atoms with E-state index in [1.165, 1.54) is 4.90 Å². The number of esters is 1. The molecule has 122 valence electrons. The average molecular weight is 302 g/mol. The summed E-state index contributed by atoms with van der Waals surface area (Å²) in [7, 11) is 0. The molecule has 7 nitrogen and oxygen atoms in total. The summed E-state index contributed by atoms with van der Waals surface area (Å²) in [6.45, 7) is 5.95. The lowest BCUT2D eigenvalue weighted by molar-refractivity contribution is -0.143. The molecule has 0 aliphatic carbocycles. The van der Waals surface area contributed by atoms with Gasteiger partial charge in [0.05, 0.1) is 6.61 Å². The molecule has 0 radical (unpaired) electrons. The minimum absolute atomic E-state index is 0.173. The molecular weight excluding hydrogens is 276 g/mol. The van der Waals surface area contributed by atoms with Gasteiger partial charge in [0.1, 0.15) is 12.6 Å². The summed E-state index contributed by atoms with van der Waals surface area (Å²) in [5.41, 5.74) is 0. The van der Waals surface area contributed by atoms with E-state index in [0.717, 1.165) is 6.42 Å². The molecule has 0 aromatic rings. The molecule has 0 bridgehead atoms. The van der Waals surface area contributed by atoms with Gasteiger partial charge in [0.2, 0.25) is 0 Å². The van der Waals surface area contributed by atoms with Gasteiger partial charge in [0.25, 0.3) is 0 Å². The van der Waals surface area contributed by atoms with Crippen LogP contribution in [-0.2, 0) is 14.3 Å². The molecule has 0 heterocycles. The molecule has 0 unspecified atom stereocenters. The summed E-state index contributed by atoms with van der Waals surface area (Å²) in [6.07, 6.45) is 2.60.